The first-order valence-corrected chi connectivity index (χ1v) is 3.22. The molecule has 0 aromatic rings. The van der Waals surface area contributed by atoms with E-state index in [0.29, 0.717) is 0 Å². The molecule has 6 nitrogen and oxygen atoms in total. The predicted octanol–water partition coefficient (Wildman–Crippen LogP) is -3.04. The topological polar surface area (TPSA) is 124 Å². The molecule has 0 aliphatic rings. The molecule has 7 heteroatoms. The van der Waals surface area contributed by atoms with Crippen LogP contribution < -0.4 is 22.2 Å². The number of imide groups is 1. The number of carbonyl (C=O) groups excluding carboxylic acids is 2. The number of nitrogens with two attached hydrogens (primary N) is 3. The van der Waals surface area contributed by atoms with Crippen molar-refractivity contribution in [1.82, 2.24) is 5.32 Å². The number of hydrogen-bond acceptors (Lipinski definition) is 3. The Morgan fingerprint density at radius 2 is 1.33 bits per heavy atom. The van der Waals surface area contributed by atoms with E-state index in [-0.39, 0.29) is 0 Å². The Morgan fingerprint density at radius 3 is 1.33 bits per heavy atom. The van der Waals surface area contributed by atoms with Gasteiger partial charge in [0.25, 0.3) is 0 Å². The third kappa shape index (κ3) is 19.7. The van der Waals surface area contributed by atoms with Gasteiger partial charge in [-0.1, -0.05) is 0 Å². The lowest BCUT2D eigenvalue weighted by atomic mass is 10.9. The molecule has 7 N–H and O–H groups in total. The predicted molar refractivity (Wildman–Crippen MR) is 36.4 cm³/mol. The summed E-state index contributed by atoms with van der Waals surface area (Å²) in [5.74, 6) is 0. The maximum Gasteiger partial charge on any atom is 0.320 e. The highest BCUT2D eigenvalue weighted by atomic mass is 28.2. The fourth-order valence-electron chi connectivity index (χ4n) is 0.121. The number of carbonyl (C=O) groups is 2. The van der Waals surface area contributed by atoms with Crippen LogP contribution in [0.15, 0.2) is 0 Å². The Hall–Kier alpha value is -1.08. The van der Waals surface area contributed by atoms with Crippen molar-refractivity contribution < 1.29 is 9.59 Å². The van der Waals surface area contributed by atoms with Crippen molar-refractivity contribution in [3.63, 3.8) is 0 Å². The zero-order valence-electron chi connectivity index (χ0n) is 5.05. The van der Waals surface area contributed by atoms with Crippen LogP contribution >= 0.6 is 0 Å². The van der Waals surface area contributed by atoms with Crippen LogP contribution in [0.5, 0.6) is 0 Å². The molecule has 0 heterocycles. The lowest BCUT2D eigenvalue weighted by Gasteiger charge is -1.88. The van der Waals surface area contributed by atoms with Crippen LogP contribution in [-0.4, -0.2) is 22.5 Å². The molecule has 0 aliphatic carbocycles. The molecule has 0 radical (unpaired) electrons. The van der Waals surface area contributed by atoms with Crippen molar-refractivity contribution in [1.29, 1.82) is 0 Å². The normalized spacial score (nSPS) is 6.78. The first kappa shape index (κ1) is 10.8. The van der Waals surface area contributed by atoms with Crippen LogP contribution in [0.1, 0.15) is 0 Å². The van der Waals surface area contributed by atoms with Gasteiger partial charge >= 0.3 is 12.1 Å². The van der Waals surface area contributed by atoms with Crippen molar-refractivity contribution in [3.8, 4) is 0 Å². The number of rotatable bonds is 0. The summed E-state index contributed by atoms with van der Waals surface area (Å²) in [6.45, 7) is 0. The van der Waals surface area contributed by atoms with Crippen molar-refractivity contribution >= 4 is 22.5 Å². The van der Waals surface area contributed by atoms with Crippen molar-refractivity contribution in [2.45, 2.75) is 0 Å². The van der Waals surface area contributed by atoms with E-state index < -0.39 is 12.1 Å². The Labute approximate surface area is 55.3 Å². The van der Waals surface area contributed by atoms with E-state index in [9.17, 15) is 9.59 Å². The molecular formula is C2H10N4O2Si. The van der Waals surface area contributed by atoms with Crippen LogP contribution in [0.4, 0.5) is 9.59 Å². The van der Waals surface area contributed by atoms with Crippen LogP contribution in [0.2, 0.25) is 0 Å². The molecule has 0 rings (SSSR count). The summed E-state index contributed by atoms with van der Waals surface area (Å²) in [7, 11) is 0.806. The largest absolute Gasteiger partial charge is 0.358 e. The van der Waals surface area contributed by atoms with E-state index in [1.54, 1.807) is 5.32 Å². The Balaban J connectivity index is 0. The fourth-order valence-corrected chi connectivity index (χ4v) is 0.121. The van der Waals surface area contributed by atoms with Crippen LogP contribution in [0, 0.1) is 0 Å². The molecule has 0 unspecified atom stereocenters. The Kier molecular flexibility index (Phi) is 8.31. The minimum Gasteiger partial charge on any atom is -0.358 e. The molecule has 0 bridgehead atoms. The molecule has 54 valence electrons. The Bertz CT molecular complexity index is 92.7. The first-order chi connectivity index (χ1) is 4.13. The van der Waals surface area contributed by atoms with Gasteiger partial charge < -0.3 is 16.9 Å². The molecular weight excluding hydrogens is 140 g/mol. The standard InChI is InChI=1S/C2H5N3O2.H5NSi/c3-1(6)5-2(4)7;1-2/h(H5,3,4,5,6,7);1H2,2H3. The SMILES string of the molecule is NC(=O)NC(N)=O.N[SiH3]. The Morgan fingerprint density at radius 1 is 1.11 bits per heavy atom. The second-order valence-electron chi connectivity index (χ2n) is 0.854. The van der Waals surface area contributed by atoms with E-state index in [2.05, 4.69) is 16.9 Å². The summed E-state index contributed by atoms with van der Waals surface area (Å²) >= 11 is 0. The number of primary amides is 2. The molecule has 0 aliphatic heterocycles. The van der Waals surface area contributed by atoms with Crippen LogP contribution in [-0.2, 0) is 0 Å². The second-order valence-corrected chi connectivity index (χ2v) is 0.854. The maximum absolute atomic E-state index is 9.62. The lowest BCUT2D eigenvalue weighted by molar-refractivity contribution is 0.236. The third-order valence-electron chi connectivity index (χ3n) is 0.246. The van der Waals surface area contributed by atoms with E-state index >= 15 is 0 Å². The summed E-state index contributed by atoms with van der Waals surface area (Å²) in [6.07, 6.45) is 0. The molecule has 0 saturated carbocycles. The van der Waals surface area contributed by atoms with Gasteiger partial charge in [0.15, 0.2) is 0 Å². The van der Waals surface area contributed by atoms with Gasteiger partial charge in [-0.15, -0.1) is 0 Å². The smallest absolute Gasteiger partial charge is 0.320 e. The highest BCUT2D eigenvalue weighted by Crippen LogP contribution is 1.51. The van der Waals surface area contributed by atoms with Crippen molar-refractivity contribution in [2.24, 2.45) is 16.9 Å². The number of urea groups is 2. The molecule has 4 amide bonds. The number of amides is 4. The molecule has 0 atom stereocenters. The monoisotopic (exact) mass is 150 g/mol. The van der Waals surface area contributed by atoms with Crippen molar-refractivity contribution in [3.05, 3.63) is 0 Å². The van der Waals surface area contributed by atoms with Gasteiger partial charge in [0.1, 0.15) is 0 Å². The number of hydrogen-bond donors (Lipinski definition) is 4. The van der Waals surface area contributed by atoms with E-state index in [1.165, 1.54) is 0 Å². The van der Waals surface area contributed by atoms with E-state index in [0.717, 1.165) is 10.4 Å². The quantitative estimate of drug-likeness (QED) is 0.274. The average Bonchev–Trinajstić information content (AvgIpc) is 1.68. The summed E-state index contributed by atoms with van der Waals surface area (Å²) in [6, 6.07) is -1.88. The first-order valence-electron chi connectivity index (χ1n) is 2.06. The zero-order chi connectivity index (χ0) is 7.86. The van der Waals surface area contributed by atoms with Crippen molar-refractivity contribution in [2.75, 3.05) is 0 Å². The van der Waals surface area contributed by atoms with Gasteiger partial charge in [-0.3, -0.25) is 5.32 Å². The van der Waals surface area contributed by atoms with Crippen LogP contribution in [0.3, 0.4) is 0 Å². The summed E-state index contributed by atoms with van der Waals surface area (Å²) < 4.78 is 0. The second kappa shape index (κ2) is 6.92. The fraction of sp³-hybridized carbons (Fsp3) is 0. The lowest BCUT2D eigenvalue weighted by Crippen LogP contribution is -2.38. The zero-order valence-corrected chi connectivity index (χ0v) is 7.05. The van der Waals surface area contributed by atoms with Gasteiger partial charge in [-0.2, -0.15) is 0 Å². The average molecular weight is 150 g/mol. The molecule has 0 aromatic carbocycles. The molecule has 0 saturated heterocycles. The molecule has 0 fully saturated rings. The van der Waals surface area contributed by atoms with Gasteiger partial charge in [-0.05, 0) is 0 Å². The minimum atomic E-state index is -0.938. The highest BCUT2D eigenvalue weighted by Gasteiger charge is 1.92. The third-order valence-corrected chi connectivity index (χ3v) is 0.246. The molecule has 9 heavy (non-hydrogen) atoms. The maximum atomic E-state index is 9.62. The summed E-state index contributed by atoms with van der Waals surface area (Å²) in [4.78, 5) is 19.2. The molecule has 0 spiro atoms. The summed E-state index contributed by atoms with van der Waals surface area (Å²) in [5, 5.41) is 6.22. The minimum absolute atomic E-state index is 0.806. The van der Waals surface area contributed by atoms with E-state index in [1.807, 2.05) is 0 Å². The highest BCUT2D eigenvalue weighted by molar-refractivity contribution is 6.02. The van der Waals surface area contributed by atoms with Gasteiger partial charge in [0.2, 0.25) is 0 Å². The molecule has 0 aromatic heterocycles. The van der Waals surface area contributed by atoms with Gasteiger partial charge in [0.05, 0.1) is 10.4 Å². The van der Waals surface area contributed by atoms with Gasteiger partial charge in [-0.25, -0.2) is 9.59 Å². The van der Waals surface area contributed by atoms with Gasteiger partial charge in [0, 0.05) is 0 Å². The van der Waals surface area contributed by atoms with Crippen LogP contribution in [0.25, 0.3) is 0 Å². The summed E-state index contributed by atoms with van der Waals surface area (Å²) in [5.41, 5.74) is 8.88. The number of nitrogens with one attached hydrogen (secondary N) is 1. The van der Waals surface area contributed by atoms with E-state index in [4.69, 9.17) is 0 Å².